The summed E-state index contributed by atoms with van der Waals surface area (Å²) in [7, 11) is 0. The van der Waals surface area contributed by atoms with E-state index in [4.69, 9.17) is 8.92 Å². The zero-order valence-electron chi connectivity index (χ0n) is 12.8. The molecule has 3 heteroatoms. The molecule has 0 rings (SSSR count). The molecule has 1 atom stereocenters. The van der Waals surface area contributed by atoms with Gasteiger partial charge in [-0.3, -0.25) is 0 Å². The Morgan fingerprint density at radius 2 is 1.56 bits per heavy atom. The largest absolute Gasteiger partial charge is 0.373 e. The molecule has 0 heterocycles. The first kappa shape index (κ1) is 17.8. The van der Waals surface area contributed by atoms with Crippen LogP contribution in [0.5, 0.6) is 0 Å². The monoisotopic (exact) mass is 272 g/mol. The van der Waals surface area contributed by atoms with E-state index in [9.17, 15) is 0 Å². The summed E-state index contributed by atoms with van der Waals surface area (Å²) in [5.41, 5.74) is -0.113. The maximum absolute atomic E-state index is 5.80. The second kappa shape index (κ2) is 8.03. The summed E-state index contributed by atoms with van der Waals surface area (Å²) in [5, 5.41) is 0. The van der Waals surface area contributed by atoms with Gasteiger partial charge in [0.1, 0.15) is 0 Å². The van der Waals surface area contributed by atoms with Crippen molar-refractivity contribution in [3.8, 4) is 0 Å². The van der Waals surface area contributed by atoms with Gasteiger partial charge in [0.15, 0.2) is 0 Å². The average molecular weight is 272 g/mol. The third-order valence-corrected chi connectivity index (χ3v) is 3.19. The molecule has 0 spiro atoms. The van der Waals surface area contributed by atoms with Crippen molar-refractivity contribution in [1.82, 2.24) is 0 Å². The molecular formula is C15H28O2S. The Morgan fingerprint density at radius 3 is 1.94 bits per heavy atom. The van der Waals surface area contributed by atoms with Crippen molar-refractivity contribution in [3.63, 3.8) is 0 Å². The van der Waals surface area contributed by atoms with Crippen molar-refractivity contribution in [2.45, 2.75) is 64.9 Å². The first-order chi connectivity index (χ1) is 8.22. The number of hydrogen-bond acceptors (Lipinski definition) is 3. The van der Waals surface area contributed by atoms with Crippen molar-refractivity contribution < 1.29 is 8.92 Å². The van der Waals surface area contributed by atoms with Crippen LogP contribution in [-0.2, 0) is 8.92 Å². The van der Waals surface area contributed by atoms with Gasteiger partial charge in [-0.1, -0.05) is 24.3 Å². The average Bonchev–Trinajstić information content (AvgIpc) is 2.23. The molecule has 0 amide bonds. The number of hydrogen-bond donors (Lipinski definition) is 0. The van der Waals surface area contributed by atoms with E-state index < -0.39 is 0 Å². The minimum Gasteiger partial charge on any atom is -0.373 e. The van der Waals surface area contributed by atoms with E-state index in [0.29, 0.717) is 6.61 Å². The summed E-state index contributed by atoms with van der Waals surface area (Å²) in [6.07, 6.45) is 8.44. The Hall–Kier alpha value is -0.250. The van der Waals surface area contributed by atoms with Gasteiger partial charge < -0.3 is 8.92 Å². The third-order valence-electron chi connectivity index (χ3n) is 2.14. The van der Waals surface area contributed by atoms with Gasteiger partial charge in [-0.2, -0.15) is 0 Å². The van der Waals surface area contributed by atoms with E-state index >= 15 is 0 Å². The van der Waals surface area contributed by atoms with Gasteiger partial charge in [0, 0.05) is 12.0 Å². The predicted molar refractivity (Wildman–Crippen MR) is 81.9 cm³/mol. The standard InChI is InChI=1S/C15H28O2S/c1-8-10-15(7,11-9-2)18-17-13(3)12-16-14(4,5)6/h8-11,13H,12H2,1-7H3. The van der Waals surface area contributed by atoms with Crippen LogP contribution in [0.3, 0.4) is 0 Å². The van der Waals surface area contributed by atoms with Crippen molar-refractivity contribution >= 4 is 12.0 Å². The minimum atomic E-state index is -0.113. The Bertz CT molecular complexity index is 265. The van der Waals surface area contributed by atoms with Crippen molar-refractivity contribution in [2.75, 3.05) is 6.61 Å². The second-order valence-corrected chi connectivity index (χ2v) is 6.84. The number of ether oxygens (including phenoxy) is 1. The van der Waals surface area contributed by atoms with Crippen molar-refractivity contribution in [3.05, 3.63) is 24.3 Å². The molecule has 0 aliphatic rings. The lowest BCUT2D eigenvalue weighted by molar-refractivity contribution is -0.0339. The molecule has 0 bridgehead atoms. The van der Waals surface area contributed by atoms with Crippen LogP contribution in [0.15, 0.2) is 24.3 Å². The Labute approximate surface area is 117 Å². The highest BCUT2D eigenvalue weighted by molar-refractivity contribution is 7.96. The summed E-state index contributed by atoms with van der Waals surface area (Å²) in [6, 6.07) is 0. The van der Waals surface area contributed by atoms with Crippen LogP contribution in [0.4, 0.5) is 0 Å². The summed E-state index contributed by atoms with van der Waals surface area (Å²) >= 11 is 1.48. The highest BCUT2D eigenvalue weighted by Gasteiger charge is 2.21. The number of allylic oxidation sites excluding steroid dienone is 2. The Kier molecular flexibility index (Phi) is 7.92. The van der Waals surface area contributed by atoms with Crippen LogP contribution in [0.1, 0.15) is 48.5 Å². The summed E-state index contributed by atoms with van der Waals surface area (Å²) in [4.78, 5) is 0. The van der Waals surface area contributed by atoms with Crippen molar-refractivity contribution in [1.29, 1.82) is 0 Å². The zero-order chi connectivity index (χ0) is 14.2. The molecule has 0 fully saturated rings. The first-order valence-corrected chi connectivity index (χ1v) is 7.23. The van der Waals surface area contributed by atoms with Gasteiger partial charge in [0.05, 0.1) is 23.1 Å². The molecule has 0 aromatic heterocycles. The van der Waals surface area contributed by atoms with Crippen LogP contribution in [0.25, 0.3) is 0 Å². The van der Waals surface area contributed by atoms with Gasteiger partial charge in [0.2, 0.25) is 0 Å². The van der Waals surface area contributed by atoms with E-state index in [0.717, 1.165) is 0 Å². The fourth-order valence-corrected chi connectivity index (χ4v) is 2.16. The van der Waals surface area contributed by atoms with Crippen LogP contribution >= 0.6 is 12.0 Å². The zero-order valence-corrected chi connectivity index (χ0v) is 13.6. The fraction of sp³-hybridized carbons (Fsp3) is 0.733. The predicted octanol–water partition coefficient (Wildman–Crippen LogP) is 4.77. The molecule has 1 unspecified atom stereocenters. The topological polar surface area (TPSA) is 18.5 Å². The van der Waals surface area contributed by atoms with Gasteiger partial charge in [0.25, 0.3) is 0 Å². The maximum atomic E-state index is 5.80. The quantitative estimate of drug-likeness (QED) is 0.491. The van der Waals surface area contributed by atoms with E-state index in [2.05, 4.69) is 39.8 Å². The van der Waals surface area contributed by atoms with Crippen LogP contribution in [0, 0.1) is 0 Å². The van der Waals surface area contributed by atoms with Crippen LogP contribution in [-0.4, -0.2) is 23.1 Å². The van der Waals surface area contributed by atoms with Gasteiger partial charge in [-0.05, 0) is 48.5 Å². The normalized spacial score (nSPS) is 18.4. The van der Waals surface area contributed by atoms with E-state index in [1.54, 1.807) is 0 Å². The second-order valence-electron chi connectivity index (χ2n) is 5.60. The lowest BCUT2D eigenvalue weighted by Crippen LogP contribution is -2.26. The molecular weight excluding hydrogens is 244 g/mol. The Morgan fingerprint density at radius 1 is 1.06 bits per heavy atom. The van der Waals surface area contributed by atoms with Crippen molar-refractivity contribution in [2.24, 2.45) is 0 Å². The summed E-state index contributed by atoms with van der Waals surface area (Å²) in [6.45, 7) is 15.0. The van der Waals surface area contributed by atoms with Gasteiger partial charge in [-0.25, -0.2) is 0 Å². The summed E-state index contributed by atoms with van der Waals surface area (Å²) < 4.78 is 11.4. The fourth-order valence-electron chi connectivity index (χ4n) is 1.35. The smallest absolute Gasteiger partial charge is 0.0928 e. The Balaban J connectivity index is 4.20. The van der Waals surface area contributed by atoms with E-state index in [1.165, 1.54) is 12.0 Å². The van der Waals surface area contributed by atoms with Gasteiger partial charge in [-0.15, -0.1) is 0 Å². The van der Waals surface area contributed by atoms with Gasteiger partial charge >= 0.3 is 0 Å². The lowest BCUT2D eigenvalue weighted by atomic mass is 10.1. The number of rotatable bonds is 7. The molecule has 0 N–H and O–H groups in total. The molecule has 18 heavy (non-hydrogen) atoms. The first-order valence-electron chi connectivity index (χ1n) is 6.48. The van der Waals surface area contributed by atoms with E-state index in [-0.39, 0.29) is 16.5 Å². The lowest BCUT2D eigenvalue weighted by Gasteiger charge is -2.25. The highest BCUT2D eigenvalue weighted by Crippen LogP contribution is 2.30. The molecule has 2 nitrogen and oxygen atoms in total. The van der Waals surface area contributed by atoms with Crippen LogP contribution < -0.4 is 0 Å². The molecule has 0 aliphatic carbocycles. The molecule has 0 saturated heterocycles. The van der Waals surface area contributed by atoms with Crippen LogP contribution in [0.2, 0.25) is 0 Å². The van der Waals surface area contributed by atoms with E-state index in [1.807, 2.05) is 32.9 Å². The minimum absolute atomic E-state index is 0.0732. The molecule has 0 saturated carbocycles. The third kappa shape index (κ3) is 8.78. The molecule has 0 aliphatic heterocycles. The molecule has 0 aromatic carbocycles. The molecule has 0 aromatic rings. The summed E-state index contributed by atoms with van der Waals surface area (Å²) in [5.74, 6) is 0. The highest BCUT2D eigenvalue weighted by atomic mass is 32.2. The molecule has 0 radical (unpaired) electrons. The maximum Gasteiger partial charge on any atom is 0.0928 e. The SMILES string of the molecule is CC=CC(C)(C=CC)SOC(C)COC(C)(C)C. The molecule has 106 valence electrons.